The van der Waals surface area contributed by atoms with Crippen molar-refractivity contribution < 1.29 is 4.79 Å². The predicted molar refractivity (Wildman–Crippen MR) is 51.8 cm³/mol. The van der Waals surface area contributed by atoms with Gasteiger partial charge in [-0.1, -0.05) is 26.2 Å². The van der Waals surface area contributed by atoms with E-state index >= 15 is 0 Å². The number of nitriles is 1. The van der Waals surface area contributed by atoms with Gasteiger partial charge in [-0.3, -0.25) is 4.79 Å². The summed E-state index contributed by atoms with van der Waals surface area (Å²) in [6.07, 6.45) is 5.17. The first-order valence-electron chi connectivity index (χ1n) is 4.33. The molecule has 0 aromatic heterocycles. The fourth-order valence-corrected chi connectivity index (χ4v) is 1.30. The maximum atomic E-state index is 11.0. The van der Waals surface area contributed by atoms with Crippen LogP contribution in [0.5, 0.6) is 0 Å². The average molecular weight is 185 g/mol. The molecule has 12 heavy (non-hydrogen) atoms. The number of hydrogen-bond acceptors (Lipinski definition) is 3. The summed E-state index contributed by atoms with van der Waals surface area (Å²) in [5, 5.41) is 10.1. The molecule has 0 spiro atoms. The molecule has 0 amide bonds. The van der Waals surface area contributed by atoms with Crippen molar-refractivity contribution in [2.75, 3.05) is 5.75 Å². The molecular formula is C9H15NOS. The summed E-state index contributed by atoms with van der Waals surface area (Å²) in [7, 11) is 0. The lowest BCUT2D eigenvalue weighted by Crippen LogP contribution is -1.99. The van der Waals surface area contributed by atoms with Crippen molar-refractivity contribution in [2.24, 2.45) is 0 Å². The lowest BCUT2D eigenvalue weighted by Gasteiger charge is -1.96. The van der Waals surface area contributed by atoms with Crippen LogP contribution in [0.2, 0.25) is 0 Å². The van der Waals surface area contributed by atoms with Gasteiger partial charge in [0.2, 0.25) is 0 Å². The third-order valence-corrected chi connectivity index (χ3v) is 2.20. The molecule has 0 saturated heterocycles. The van der Waals surface area contributed by atoms with Crippen molar-refractivity contribution >= 4 is 17.5 Å². The second-order valence-electron chi connectivity index (χ2n) is 2.73. The summed E-state index contributed by atoms with van der Waals surface area (Å²) in [5.74, 6) is 0.570. The fraction of sp³-hybridized carbons (Fsp3) is 0.778. The van der Waals surface area contributed by atoms with Crippen LogP contribution >= 0.6 is 11.8 Å². The van der Waals surface area contributed by atoms with Gasteiger partial charge in [0.15, 0.2) is 0 Å². The van der Waals surface area contributed by atoms with E-state index in [2.05, 4.69) is 6.92 Å². The zero-order valence-electron chi connectivity index (χ0n) is 7.51. The van der Waals surface area contributed by atoms with Crippen molar-refractivity contribution in [3.8, 4) is 5.40 Å². The van der Waals surface area contributed by atoms with Crippen LogP contribution in [-0.2, 0) is 4.79 Å². The smallest absolute Gasteiger partial charge is 0.143 e. The highest BCUT2D eigenvalue weighted by molar-refractivity contribution is 8.04. The minimum atomic E-state index is 0.206. The Bertz CT molecular complexity index is 162. The molecule has 0 aliphatic carbocycles. The Morgan fingerprint density at radius 2 is 2.17 bits per heavy atom. The van der Waals surface area contributed by atoms with E-state index in [-0.39, 0.29) is 5.78 Å². The van der Waals surface area contributed by atoms with Gasteiger partial charge in [0.1, 0.15) is 11.2 Å². The maximum Gasteiger partial charge on any atom is 0.143 e. The fourth-order valence-electron chi connectivity index (χ4n) is 0.934. The number of hydrogen-bond donors (Lipinski definition) is 0. The number of thioether (sulfide) groups is 1. The largest absolute Gasteiger partial charge is 0.299 e. The van der Waals surface area contributed by atoms with Gasteiger partial charge in [0, 0.05) is 6.42 Å². The van der Waals surface area contributed by atoms with Crippen LogP contribution in [-0.4, -0.2) is 11.5 Å². The second kappa shape index (κ2) is 8.61. The minimum absolute atomic E-state index is 0.206. The molecular weight excluding hydrogens is 170 g/mol. The van der Waals surface area contributed by atoms with Crippen LogP contribution in [0.25, 0.3) is 0 Å². The molecule has 0 bridgehead atoms. The minimum Gasteiger partial charge on any atom is -0.299 e. The molecule has 3 heteroatoms. The molecule has 0 aliphatic heterocycles. The molecule has 0 fully saturated rings. The van der Waals surface area contributed by atoms with E-state index in [9.17, 15) is 4.79 Å². The number of ketones is 1. The predicted octanol–water partition coefficient (Wildman–Crippen LogP) is 2.74. The highest BCUT2D eigenvalue weighted by atomic mass is 32.2. The van der Waals surface area contributed by atoms with Crippen LogP contribution in [0, 0.1) is 10.7 Å². The standard InChI is InChI=1S/C9H15NOS/c1-2-3-4-5-6-9(11)7-12-8-10/h2-7H2,1H3. The molecule has 0 rings (SSSR count). The van der Waals surface area contributed by atoms with Gasteiger partial charge in [-0.25, -0.2) is 0 Å². The van der Waals surface area contributed by atoms with Crippen molar-refractivity contribution in [3.05, 3.63) is 0 Å². The number of Topliss-reactive ketones (excluding diaryl/α,β-unsaturated/α-hetero) is 1. The van der Waals surface area contributed by atoms with E-state index in [4.69, 9.17) is 5.26 Å². The zero-order valence-corrected chi connectivity index (χ0v) is 8.32. The first-order chi connectivity index (χ1) is 5.81. The van der Waals surface area contributed by atoms with Crippen LogP contribution in [0.1, 0.15) is 39.0 Å². The van der Waals surface area contributed by atoms with Gasteiger partial charge >= 0.3 is 0 Å². The first kappa shape index (κ1) is 11.5. The number of unbranched alkanes of at least 4 members (excludes halogenated alkanes) is 3. The van der Waals surface area contributed by atoms with Crippen molar-refractivity contribution in [1.29, 1.82) is 5.26 Å². The normalized spacial score (nSPS) is 9.33. The van der Waals surface area contributed by atoms with Crippen molar-refractivity contribution in [3.63, 3.8) is 0 Å². The van der Waals surface area contributed by atoms with Crippen molar-refractivity contribution in [2.45, 2.75) is 39.0 Å². The van der Waals surface area contributed by atoms with Crippen LogP contribution in [0.3, 0.4) is 0 Å². The summed E-state index contributed by atoms with van der Waals surface area (Å²) < 4.78 is 0. The molecule has 0 aliphatic rings. The molecule has 68 valence electrons. The van der Waals surface area contributed by atoms with Gasteiger partial charge in [-0.2, -0.15) is 5.26 Å². The van der Waals surface area contributed by atoms with Crippen molar-refractivity contribution in [1.82, 2.24) is 0 Å². The van der Waals surface area contributed by atoms with Crippen LogP contribution < -0.4 is 0 Å². The Morgan fingerprint density at radius 1 is 1.42 bits per heavy atom. The quantitative estimate of drug-likeness (QED) is 0.452. The molecule has 2 nitrogen and oxygen atoms in total. The number of thiocyanates is 1. The Morgan fingerprint density at radius 3 is 2.75 bits per heavy atom. The maximum absolute atomic E-state index is 11.0. The van der Waals surface area contributed by atoms with E-state index in [1.165, 1.54) is 12.8 Å². The summed E-state index contributed by atoms with van der Waals surface area (Å²) in [6, 6.07) is 0. The summed E-state index contributed by atoms with van der Waals surface area (Å²) in [4.78, 5) is 11.0. The van der Waals surface area contributed by atoms with E-state index in [0.717, 1.165) is 24.6 Å². The van der Waals surface area contributed by atoms with Gasteiger partial charge in [0.25, 0.3) is 0 Å². The van der Waals surface area contributed by atoms with Gasteiger partial charge in [0.05, 0.1) is 5.75 Å². The van der Waals surface area contributed by atoms with E-state index in [1.807, 2.05) is 5.40 Å². The number of carbonyl (C=O) groups is 1. The van der Waals surface area contributed by atoms with E-state index in [1.54, 1.807) is 0 Å². The molecule has 0 atom stereocenters. The van der Waals surface area contributed by atoms with Crippen LogP contribution in [0.15, 0.2) is 0 Å². The van der Waals surface area contributed by atoms with E-state index < -0.39 is 0 Å². The highest BCUT2D eigenvalue weighted by Crippen LogP contribution is 2.05. The molecule has 0 aromatic rings. The number of nitrogens with zero attached hydrogens (tertiary/aromatic N) is 1. The van der Waals surface area contributed by atoms with Gasteiger partial charge in [-0.05, 0) is 18.2 Å². The third-order valence-electron chi connectivity index (χ3n) is 1.61. The Balaban J connectivity index is 3.15. The lowest BCUT2D eigenvalue weighted by molar-refractivity contribution is -0.116. The van der Waals surface area contributed by atoms with Gasteiger partial charge < -0.3 is 0 Å². The molecule has 0 unspecified atom stereocenters. The first-order valence-corrected chi connectivity index (χ1v) is 5.32. The Kier molecular flexibility index (Phi) is 8.25. The number of carbonyl (C=O) groups excluding carboxylic acids is 1. The molecule has 0 heterocycles. The Labute approximate surface area is 78.3 Å². The third kappa shape index (κ3) is 7.62. The van der Waals surface area contributed by atoms with E-state index in [0.29, 0.717) is 12.2 Å². The monoisotopic (exact) mass is 185 g/mol. The van der Waals surface area contributed by atoms with Crippen LogP contribution in [0.4, 0.5) is 0 Å². The lowest BCUT2D eigenvalue weighted by atomic mass is 10.1. The second-order valence-corrected chi connectivity index (χ2v) is 3.49. The van der Waals surface area contributed by atoms with Gasteiger partial charge in [-0.15, -0.1) is 0 Å². The zero-order chi connectivity index (χ0) is 9.23. The molecule has 0 saturated carbocycles. The highest BCUT2D eigenvalue weighted by Gasteiger charge is 2.00. The SMILES string of the molecule is CCCCCCC(=O)CSC#N. The number of rotatable bonds is 7. The summed E-state index contributed by atoms with van der Waals surface area (Å²) >= 11 is 1.04. The summed E-state index contributed by atoms with van der Waals surface area (Å²) in [6.45, 7) is 2.15. The molecule has 0 radical (unpaired) electrons. The summed E-state index contributed by atoms with van der Waals surface area (Å²) in [5.41, 5.74) is 0. The molecule has 0 aromatic carbocycles. The molecule has 0 N–H and O–H groups in total. The average Bonchev–Trinajstić information content (AvgIpc) is 2.09. The Hall–Kier alpha value is -0.490. The topological polar surface area (TPSA) is 40.9 Å².